The molecule has 6 nitrogen and oxygen atoms in total. The maximum Gasteiger partial charge on any atom is 0.228 e. The molecule has 2 N–H and O–H groups in total. The average Bonchev–Trinajstić information content (AvgIpc) is 2.82. The van der Waals surface area contributed by atoms with Crippen molar-refractivity contribution in [2.45, 2.75) is 19.3 Å². The van der Waals surface area contributed by atoms with E-state index in [0.29, 0.717) is 31.6 Å². The van der Waals surface area contributed by atoms with E-state index < -0.39 is 0 Å². The number of nitrogens with two attached hydrogens (primary N) is 1. The second-order valence-corrected chi connectivity index (χ2v) is 4.21. The quantitative estimate of drug-likeness (QED) is 0.797. The minimum atomic E-state index is -0.270. The highest BCUT2D eigenvalue weighted by molar-refractivity contribution is 5.79. The topological polar surface area (TPSA) is 89.4 Å². The van der Waals surface area contributed by atoms with Crippen LogP contribution in [0.15, 0.2) is 17.1 Å². The number of hydrogen-bond acceptors (Lipinski definition) is 4. The third kappa shape index (κ3) is 2.83. The molecule has 1 saturated heterocycles. The lowest BCUT2D eigenvalue weighted by molar-refractivity contribution is -0.134. The van der Waals surface area contributed by atoms with Gasteiger partial charge in [-0.25, -0.2) is 4.98 Å². The Bertz CT molecular complexity index is 394. The van der Waals surface area contributed by atoms with Crippen LogP contribution in [0.1, 0.15) is 18.5 Å². The molecule has 2 heterocycles. The number of amides is 2. The van der Waals surface area contributed by atoms with Crippen molar-refractivity contribution >= 4 is 11.8 Å². The third-order valence-electron chi connectivity index (χ3n) is 3.07. The average molecular weight is 237 g/mol. The second kappa shape index (κ2) is 4.99. The van der Waals surface area contributed by atoms with Gasteiger partial charge in [-0.2, -0.15) is 0 Å². The van der Waals surface area contributed by atoms with Crippen molar-refractivity contribution < 1.29 is 14.0 Å². The van der Waals surface area contributed by atoms with Crippen LogP contribution in [0.25, 0.3) is 0 Å². The van der Waals surface area contributed by atoms with Crippen LogP contribution in [-0.4, -0.2) is 34.8 Å². The zero-order valence-electron chi connectivity index (χ0n) is 9.46. The maximum absolute atomic E-state index is 11.9. The van der Waals surface area contributed by atoms with Gasteiger partial charge in [0, 0.05) is 19.0 Å². The van der Waals surface area contributed by atoms with Crippen molar-refractivity contribution in [3.05, 3.63) is 18.4 Å². The summed E-state index contributed by atoms with van der Waals surface area (Å²) >= 11 is 0. The van der Waals surface area contributed by atoms with E-state index in [1.54, 1.807) is 4.90 Å². The molecule has 0 atom stereocenters. The first-order valence-electron chi connectivity index (χ1n) is 5.61. The van der Waals surface area contributed by atoms with Crippen molar-refractivity contribution in [3.63, 3.8) is 0 Å². The lowest BCUT2D eigenvalue weighted by Gasteiger charge is -2.30. The van der Waals surface area contributed by atoms with E-state index in [2.05, 4.69) is 4.98 Å². The van der Waals surface area contributed by atoms with Crippen LogP contribution >= 0.6 is 0 Å². The van der Waals surface area contributed by atoms with Crippen LogP contribution in [0, 0.1) is 5.92 Å². The number of piperidine rings is 1. The van der Waals surface area contributed by atoms with Crippen molar-refractivity contribution in [1.82, 2.24) is 9.88 Å². The summed E-state index contributed by atoms with van der Waals surface area (Å²) in [6.07, 6.45) is 4.33. The second-order valence-electron chi connectivity index (χ2n) is 4.21. The number of nitrogens with zero attached hydrogens (tertiary/aromatic N) is 2. The summed E-state index contributed by atoms with van der Waals surface area (Å²) in [5, 5.41) is 0. The van der Waals surface area contributed by atoms with Gasteiger partial charge in [-0.05, 0) is 12.8 Å². The number of hydrogen-bond donors (Lipinski definition) is 1. The highest BCUT2D eigenvalue weighted by Crippen LogP contribution is 2.17. The van der Waals surface area contributed by atoms with Gasteiger partial charge in [0.1, 0.15) is 6.26 Å². The van der Waals surface area contributed by atoms with Crippen LogP contribution in [0.2, 0.25) is 0 Å². The van der Waals surface area contributed by atoms with E-state index in [0.717, 1.165) is 0 Å². The van der Waals surface area contributed by atoms with Gasteiger partial charge in [-0.3, -0.25) is 9.59 Å². The molecule has 0 bridgehead atoms. The summed E-state index contributed by atoms with van der Waals surface area (Å²) < 4.78 is 4.81. The Morgan fingerprint density at radius 3 is 2.71 bits per heavy atom. The third-order valence-corrected chi connectivity index (χ3v) is 3.07. The molecule has 1 aromatic rings. The fourth-order valence-electron chi connectivity index (χ4n) is 2.00. The normalized spacial score (nSPS) is 17.1. The van der Waals surface area contributed by atoms with Crippen LogP contribution in [0.5, 0.6) is 0 Å². The van der Waals surface area contributed by atoms with Crippen LogP contribution in [0.3, 0.4) is 0 Å². The van der Waals surface area contributed by atoms with Gasteiger partial charge in [0.15, 0.2) is 6.39 Å². The van der Waals surface area contributed by atoms with Gasteiger partial charge >= 0.3 is 0 Å². The van der Waals surface area contributed by atoms with E-state index in [1.165, 1.54) is 12.7 Å². The summed E-state index contributed by atoms with van der Waals surface area (Å²) in [4.78, 5) is 28.5. The van der Waals surface area contributed by atoms with E-state index in [1.807, 2.05) is 0 Å². The number of aromatic nitrogens is 1. The molecule has 1 aromatic heterocycles. The van der Waals surface area contributed by atoms with E-state index in [9.17, 15) is 9.59 Å². The summed E-state index contributed by atoms with van der Waals surface area (Å²) in [7, 11) is 0. The number of likely N-dealkylation sites (tertiary alicyclic amines) is 1. The maximum atomic E-state index is 11.9. The number of carbonyl (C=O) groups is 2. The molecular formula is C11H15N3O3. The Kier molecular flexibility index (Phi) is 3.41. The summed E-state index contributed by atoms with van der Waals surface area (Å²) in [5.41, 5.74) is 5.87. The molecule has 92 valence electrons. The highest BCUT2D eigenvalue weighted by Gasteiger charge is 2.25. The van der Waals surface area contributed by atoms with Gasteiger partial charge in [-0.15, -0.1) is 0 Å². The summed E-state index contributed by atoms with van der Waals surface area (Å²) in [5.74, 6) is -0.346. The molecule has 6 heteroatoms. The number of primary amides is 1. The van der Waals surface area contributed by atoms with Crippen LogP contribution in [-0.2, 0) is 16.0 Å². The smallest absolute Gasteiger partial charge is 0.228 e. The first-order chi connectivity index (χ1) is 8.16. The molecule has 1 aliphatic heterocycles. The molecule has 0 spiro atoms. The van der Waals surface area contributed by atoms with Gasteiger partial charge in [0.25, 0.3) is 0 Å². The number of carbonyl (C=O) groups excluding carboxylic acids is 2. The predicted octanol–water partition coefficient (Wildman–Crippen LogP) is -0.0590. The Balaban J connectivity index is 1.84. The van der Waals surface area contributed by atoms with Gasteiger partial charge in [0.05, 0.1) is 12.1 Å². The van der Waals surface area contributed by atoms with Crippen molar-refractivity contribution in [1.29, 1.82) is 0 Å². The van der Waals surface area contributed by atoms with Crippen molar-refractivity contribution in [2.24, 2.45) is 11.7 Å². The summed E-state index contributed by atoms with van der Waals surface area (Å²) in [6.45, 7) is 1.18. The van der Waals surface area contributed by atoms with Crippen molar-refractivity contribution in [3.8, 4) is 0 Å². The Morgan fingerprint density at radius 2 is 2.18 bits per heavy atom. The lowest BCUT2D eigenvalue weighted by atomic mass is 9.96. The largest absolute Gasteiger partial charge is 0.451 e. The molecule has 0 aromatic carbocycles. The van der Waals surface area contributed by atoms with Gasteiger partial charge < -0.3 is 15.1 Å². The minimum Gasteiger partial charge on any atom is -0.451 e. The Morgan fingerprint density at radius 1 is 1.47 bits per heavy atom. The molecule has 0 radical (unpaired) electrons. The molecule has 0 saturated carbocycles. The molecule has 1 aliphatic rings. The first kappa shape index (κ1) is 11.6. The van der Waals surface area contributed by atoms with E-state index >= 15 is 0 Å². The Labute approximate surface area is 98.8 Å². The van der Waals surface area contributed by atoms with E-state index in [-0.39, 0.29) is 24.2 Å². The fraction of sp³-hybridized carbons (Fsp3) is 0.545. The molecule has 0 unspecified atom stereocenters. The molecule has 2 amide bonds. The standard InChI is InChI=1S/C11H15N3O3/c12-11(16)8-1-3-14(4-2-8)10(15)5-9-6-17-7-13-9/h6-8H,1-5H2,(H2,12,16). The minimum absolute atomic E-state index is 0.0156. The number of rotatable bonds is 3. The summed E-state index contributed by atoms with van der Waals surface area (Å²) in [6, 6.07) is 0. The highest BCUT2D eigenvalue weighted by atomic mass is 16.3. The number of oxazole rings is 1. The van der Waals surface area contributed by atoms with Gasteiger partial charge in [-0.1, -0.05) is 0 Å². The van der Waals surface area contributed by atoms with Crippen molar-refractivity contribution in [2.75, 3.05) is 13.1 Å². The van der Waals surface area contributed by atoms with E-state index in [4.69, 9.17) is 10.2 Å². The molecular weight excluding hydrogens is 222 g/mol. The monoisotopic (exact) mass is 237 g/mol. The SMILES string of the molecule is NC(=O)C1CCN(C(=O)Cc2cocn2)CC1. The van der Waals surface area contributed by atoms with Gasteiger partial charge in [0.2, 0.25) is 11.8 Å². The fourth-order valence-corrected chi connectivity index (χ4v) is 2.00. The molecule has 0 aliphatic carbocycles. The zero-order chi connectivity index (χ0) is 12.3. The lowest BCUT2D eigenvalue weighted by Crippen LogP contribution is -2.42. The zero-order valence-corrected chi connectivity index (χ0v) is 9.46. The molecule has 17 heavy (non-hydrogen) atoms. The van der Waals surface area contributed by atoms with Crippen LogP contribution in [0.4, 0.5) is 0 Å². The first-order valence-corrected chi connectivity index (χ1v) is 5.61. The van der Waals surface area contributed by atoms with Crippen LogP contribution < -0.4 is 5.73 Å². The Hall–Kier alpha value is -1.85. The predicted molar refractivity (Wildman–Crippen MR) is 58.7 cm³/mol. The molecule has 1 fully saturated rings. The molecule has 2 rings (SSSR count).